The highest BCUT2D eigenvalue weighted by Gasteiger charge is 2.17. The van der Waals surface area contributed by atoms with Crippen LogP contribution in [0.3, 0.4) is 0 Å². The van der Waals surface area contributed by atoms with E-state index >= 15 is 0 Å². The van der Waals surface area contributed by atoms with Gasteiger partial charge in [-0.1, -0.05) is 176 Å². The van der Waals surface area contributed by atoms with Crippen molar-refractivity contribution in [3.63, 3.8) is 0 Å². The van der Waals surface area contributed by atoms with Crippen molar-refractivity contribution in [1.82, 2.24) is 15.0 Å². The van der Waals surface area contributed by atoms with Crippen LogP contribution in [0.2, 0.25) is 0 Å². The summed E-state index contributed by atoms with van der Waals surface area (Å²) in [5.74, 6) is 1.89. The highest BCUT2D eigenvalue weighted by molar-refractivity contribution is 6.15. The molecule has 2 aromatic heterocycles. The number of para-hydroxylation sites is 1. The molecule has 0 fully saturated rings. The third kappa shape index (κ3) is 5.63. The average Bonchev–Trinajstić information content (AvgIpc) is 3.63. The molecule has 0 saturated heterocycles. The molecule has 0 saturated carbocycles. The lowest BCUT2D eigenvalue weighted by molar-refractivity contribution is 0.670. The molecule has 4 heteroatoms. The van der Waals surface area contributed by atoms with Crippen molar-refractivity contribution in [3.05, 3.63) is 188 Å². The molecule has 0 aliphatic rings. The van der Waals surface area contributed by atoms with Crippen molar-refractivity contribution in [2.75, 3.05) is 0 Å². The monoisotopic (exact) mass is 677 g/mol. The van der Waals surface area contributed by atoms with E-state index in [0.29, 0.717) is 17.5 Å². The average molecular weight is 678 g/mol. The third-order valence-corrected chi connectivity index (χ3v) is 9.95. The van der Waals surface area contributed by atoms with E-state index in [0.717, 1.165) is 66.4 Å². The third-order valence-electron chi connectivity index (χ3n) is 9.95. The molecular formula is C49H31N3O. The predicted octanol–water partition coefficient (Wildman–Crippen LogP) is 12.9. The maximum Gasteiger partial charge on any atom is 0.164 e. The van der Waals surface area contributed by atoms with E-state index in [1.54, 1.807) is 0 Å². The second kappa shape index (κ2) is 12.9. The lowest BCUT2D eigenvalue weighted by Crippen LogP contribution is -2.00. The minimum Gasteiger partial charge on any atom is -0.455 e. The van der Waals surface area contributed by atoms with Crippen LogP contribution in [0.4, 0.5) is 0 Å². The van der Waals surface area contributed by atoms with Crippen LogP contribution >= 0.6 is 0 Å². The quantitative estimate of drug-likeness (QED) is 0.176. The van der Waals surface area contributed by atoms with E-state index in [4.69, 9.17) is 19.4 Å². The number of aromatic nitrogens is 3. The van der Waals surface area contributed by atoms with Crippen LogP contribution < -0.4 is 0 Å². The van der Waals surface area contributed by atoms with Crippen LogP contribution in [0, 0.1) is 0 Å². The lowest BCUT2D eigenvalue weighted by atomic mass is 9.97. The van der Waals surface area contributed by atoms with Gasteiger partial charge >= 0.3 is 0 Å². The first-order chi connectivity index (χ1) is 26.2. The van der Waals surface area contributed by atoms with Gasteiger partial charge in [-0.15, -0.1) is 0 Å². The van der Waals surface area contributed by atoms with Gasteiger partial charge in [0, 0.05) is 33.0 Å². The number of furan rings is 1. The number of benzene rings is 8. The first kappa shape index (κ1) is 30.6. The van der Waals surface area contributed by atoms with Crippen molar-refractivity contribution in [2.45, 2.75) is 0 Å². The maximum atomic E-state index is 6.53. The second-order valence-corrected chi connectivity index (χ2v) is 13.2. The van der Waals surface area contributed by atoms with E-state index in [2.05, 4.69) is 146 Å². The molecule has 2 heterocycles. The van der Waals surface area contributed by atoms with E-state index in [1.807, 2.05) is 42.5 Å². The van der Waals surface area contributed by atoms with E-state index in [9.17, 15) is 0 Å². The first-order valence-electron chi connectivity index (χ1n) is 17.8. The molecule has 8 aromatic carbocycles. The Labute approximate surface area is 306 Å². The molecular weight excluding hydrogens is 647 g/mol. The molecule has 0 atom stereocenters. The van der Waals surface area contributed by atoms with Gasteiger partial charge in [-0.25, -0.2) is 15.0 Å². The van der Waals surface area contributed by atoms with Gasteiger partial charge in [0.05, 0.1) is 0 Å². The Morgan fingerprint density at radius 3 is 1.49 bits per heavy atom. The zero-order valence-electron chi connectivity index (χ0n) is 28.6. The Morgan fingerprint density at radius 1 is 0.321 bits per heavy atom. The fourth-order valence-electron chi connectivity index (χ4n) is 7.26. The van der Waals surface area contributed by atoms with Gasteiger partial charge in [0.2, 0.25) is 0 Å². The van der Waals surface area contributed by atoms with Crippen molar-refractivity contribution < 1.29 is 4.42 Å². The molecule has 0 aliphatic heterocycles. The molecule has 0 aliphatic carbocycles. The van der Waals surface area contributed by atoms with Gasteiger partial charge in [-0.2, -0.15) is 0 Å². The van der Waals surface area contributed by atoms with Crippen LogP contribution in [-0.4, -0.2) is 15.0 Å². The summed E-state index contributed by atoms with van der Waals surface area (Å²) in [5.41, 5.74) is 11.3. The number of fused-ring (bicyclic) bond motifs is 4. The highest BCUT2D eigenvalue weighted by Crippen LogP contribution is 2.41. The normalized spacial score (nSPS) is 11.4. The second-order valence-electron chi connectivity index (χ2n) is 13.2. The Morgan fingerprint density at radius 2 is 0.811 bits per heavy atom. The van der Waals surface area contributed by atoms with Crippen LogP contribution in [0.25, 0.3) is 100 Å². The minimum absolute atomic E-state index is 0.624. The molecule has 0 amide bonds. The molecule has 10 rings (SSSR count). The standard InChI is InChI=1S/C49H31N3O/c1-3-12-34(13-4-1)42-18-9-19-43-45-41(17-10-20-44(45)53-46(42)43)35-24-28-38(29-25-35)49-51-47(36-14-5-2-6-15-36)50-48(52-49)37-26-21-33(22-27-37)40-30-23-32-11-7-8-16-39(32)31-40/h1-31H. The van der Waals surface area contributed by atoms with E-state index < -0.39 is 0 Å². The topological polar surface area (TPSA) is 51.8 Å². The zero-order chi connectivity index (χ0) is 35.1. The highest BCUT2D eigenvalue weighted by atomic mass is 16.3. The minimum atomic E-state index is 0.624. The number of nitrogens with zero attached hydrogens (tertiary/aromatic N) is 3. The Hall–Kier alpha value is -7.17. The van der Waals surface area contributed by atoms with E-state index in [1.165, 1.54) is 16.3 Å². The van der Waals surface area contributed by atoms with Crippen molar-refractivity contribution in [2.24, 2.45) is 0 Å². The van der Waals surface area contributed by atoms with Crippen LogP contribution in [0.1, 0.15) is 0 Å². The van der Waals surface area contributed by atoms with Crippen LogP contribution in [-0.2, 0) is 0 Å². The molecule has 0 radical (unpaired) electrons. The van der Waals surface area contributed by atoms with Crippen LogP contribution in [0.15, 0.2) is 192 Å². The maximum absolute atomic E-state index is 6.53. The molecule has 4 nitrogen and oxygen atoms in total. The van der Waals surface area contributed by atoms with Crippen molar-refractivity contribution >= 4 is 32.7 Å². The number of hydrogen-bond donors (Lipinski definition) is 0. The smallest absolute Gasteiger partial charge is 0.164 e. The summed E-state index contributed by atoms with van der Waals surface area (Å²) in [4.78, 5) is 15.0. The largest absolute Gasteiger partial charge is 0.455 e. The fraction of sp³-hybridized carbons (Fsp3) is 0. The summed E-state index contributed by atoms with van der Waals surface area (Å²) in [6, 6.07) is 65.2. The van der Waals surface area contributed by atoms with Crippen molar-refractivity contribution in [1.29, 1.82) is 0 Å². The first-order valence-corrected chi connectivity index (χ1v) is 17.8. The van der Waals surface area contributed by atoms with Gasteiger partial charge in [0.1, 0.15) is 11.2 Å². The molecule has 0 N–H and O–H groups in total. The lowest BCUT2D eigenvalue weighted by Gasteiger charge is -2.10. The zero-order valence-corrected chi connectivity index (χ0v) is 28.6. The fourth-order valence-corrected chi connectivity index (χ4v) is 7.26. The van der Waals surface area contributed by atoms with Crippen LogP contribution in [0.5, 0.6) is 0 Å². The summed E-state index contributed by atoms with van der Waals surface area (Å²) in [6.07, 6.45) is 0. The summed E-state index contributed by atoms with van der Waals surface area (Å²) in [5, 5.41) is 4.66. The molecule has 0 bridgehead atoms. The summed E-state index contributed by atoms with van der Waals surface area (Å²) in [7, 11) is 0. The molecule has 0 unspecified atom stereocenters. The van der Waals surface area contributed by atoms with E-state index in [-0.39, 0.29) is 0 Å². The number of rotatable bonds is 6. The van der Waals surface area contributed by atoms with Gasteiger partial charge in [0.15, 0.2) is 17.5 Å². The molecule has 53 heavy (non-hydrogen) atoms. The molecule has 0 spiro atoms. The summed E-state index contributed by atoms with van der Waals surface area (Å²) < 4.78 is 6.53. The van der Waals surface area contributed by atoms with Gasteiger partial charge in [-0.3, -0.25) is 0 Å². The predicted molar refractivity (Wildman–Crippen MR) is 217 cm³/mol. The number of hydrogen-bond acceptors (Lipinski definition) is 4. The SMILES string of the molecule is c1ccc(-c2nc(-c3ccc(-c4ccc5ccccc5c4)cc3)nc(-c3ccc(-c4cccc5oc6c(-c7ccccc7)cccc6c45)cc3)n2)cc1. The Kier molecular flexibility index (Phi) is 7.43. The summed E-state index contributed by atoms with van der Waals surface area (Å²) in [6.45, 7) is 0. The van der Waals surface area contributed by atoms with Crippen molar-refractivity contribution in [3.8, 4) is 67.5 Å². The Balaban J connectivity index is 1.03. The molecule has 248 valence electrons. The van der Waals surface area contributed by atoms with Gasteiger partial charge in [-0.05, 0) is 50.7 Å². The van der Waals surface area contributed by atoms with Gasteiger partial charge in [0.25, 0.3) is 0 Å². The molecule has 10 aromatic rings. The van der Waals surface area contributed by atoms with Gasteiger partial charge < -0.3 is 4.42 Å². The summed E-state index contributed by atoms with van der Waals surface area (Å²) >= 11 is 0. The Bertz CT molecular complexity index is 2910.